The minimum absolute atomic E-state index is 0.186. The fourth-order valence-corrected chi connectivity index (χ4v) is 1.92. The van der Waals surface area contributed by atoms with E-state index in [9.17, 15) is 0 Å². The van der Waals surface area contributed by atoms with Crippen LogP contribution in [0.5, 0.6) is 5.75 Å². The zero-order chi connectivity index (χ0) is 11.5. The van der Waals surface area contributed by atoms with Gasteiger partial charge in [0.25, 0.3) is 0 Å². The Morgan fingerprint density at radius 3 is 2.88 bits per heavy atom. The Morgan fingerprint density at radius 2 is 2.19 bits per heavy atom. The molecule has 0 saturated heterocycles. The molecule has 1 aromatic heterocycles. The third kappa shape index (κ3) is 2.04. The summed E-state index contributed by atoms with van der Waals surface area (Å²) in [5.74, 6) is 0.942. The standard InChI is InChI=1S/C13H18N2O/c1-9(2)16-12-5-3-4-11-13(12)10(6-7-14)8-15-11/h3-5,8-9,15H,6-7,14H2,1-2H3. The van der Waals surface area contributed by atoms with Crippen LogP contribution in [-0.4, -0.2) is 17.6 Å². The largest absolute Gasteiger partial charge is 0.490 e. The van der Waals surface area contributed by atoms with Crippen molar-refractivity contribution >= 4 is 10.9 Å². The molecule has 0 unspecified atom stereocenters. The number of nitrogens with two attached hydrogens (primary N) is 1. The highest BCUT2D eigenvalue weighted by Gasteiger charge is 2.09. The molecule has 3 heteroatoms. The molecule has 86 valence electrons. The molecule has 3 N–H and O–H groups in total. The molecule has 0 bridgehead atoms. The predicted molar refractivity (Wildman–Crippen MR) is 66.8 cm³/mol. The second-order valence-electron chi connectivity index (χ2n) is 4.20. The van der Waals surface area contributed by atoms with Crippen LogP contribution in [-0.2, 0) is 6.42 Å². The number of H-pyrrole nitrogens is 1. The molecule has 0 radical (unpaired) electrons. The number of ether oxygens (including phenoxy) is 1. The topological polar surface area (TPSA) is 51.0 Å². The predicted octanol–water partition coefficient (Wildman–Crippen LogP) is 2.46. The summed E-state index contributed by atoms with van der Waals surface area (Å²) in [6.45, 7) is 4.73. The number of fused-ring (bicyclic) bond motifs is 1. The van der Waals surface area contributed by atoms with Crippen molar-refractivity contribution < 1.29 is 4.74 Å². The molecule has 0 atom stereocenters. The van der Waals surface area contributed by atoms with Gasteiger partial charge in [0.05, 0.1) is 6.10 Å². The normalized spacial score (nSPS) is 11.2. The van der Waals surface area contributed by atoms with Crippen molar-refractivity contribution in [2.45, 2.75) is 26.4 Å². The van der Waals surface area contributed by atoms with Crippen molar-refractivity contribution in [2.75, 3.05) is 6.54 Å². The van der Waals surface area contributed by atoms with Crippen molar-refractivity contribution in [2.24, 2.45) is 5.73 Å². The van der Waals surface area contributed by atoms with E-state index in [2.05, 4.69) is 11.1 Å². The maximum Gasteiger partial charge on any atom is 0.129 e. The van der Waals surface area contributed by atoms with Crippen molar-refractivity contribution in [1.82, 2.24) is 4.98 Å². The Balaban J connectivity index is 2.50. The molecule has 0 aliphatic heterocycles. The molecule has 2 aromatic rings. The Kier molecular flexibility index (Phi) is 3.15. The average molecular weight is 218 g/mol. The van der Waals surface area contributed by atoms with Crippen LogP contribution in [0.4, 0.5) is 0 Å². The average Bonchev–Trinajstić information content (AvgIpc) is 2.62. The van der Waals surface area contributed by atoms with Crippen LogP contribution in [0.3, 0.4) is 0 Å². The van der Waals surface area contributed by atoms with Gasteiger partial charge in [-0.25, -0.2) is 0 Å². The van der Waals surface area contributed by atoms with Gasteiger partial charge in [-0.3, -0.25) is 0 Å². The molecule has 16 heavy (non-hydrogen) atoms. The van der Waals surface area contributed by atoms with Gasteiger partial charge in [0.15, 0.2) is 0 Å². The quantitative estimate of drug-likeness (QED) is 0.828. The Hall–Kier alpha value is -1.48. The summed E-state index contributed by atoms with van der Waals surface area (Å²) in [5.41, 5.74) is 7.95. The highest BCUT2D eigenvalue weighted by atomic mass is 16.5. The maximum atomic E-state index is 5.81. The number of nitrogens with one attached hydrogen (secondary N) is 1. The molecule has 1 aromatic carbocycles. The van der Waals surface area contributed by atoms with E-state index >= 15 is 0 Å². The lowest BCUT2D eigenvalue weighted by Crippen LogP contribution is -2.06. The lowest BCUT2D eigenvalue weighted by atomic mass is 10.1. The summed E-state index contributed by atoms with van der Waals surface area (Å²) in [6, 6.07) is 6.07. The second-order valence-corrected chi connectivity index (χ2v) is 4.20. The third-order valence-corrected chi connectivity index (χ3v) is 2.53. The fraction of sp³-hybridized carbons (Fsp3) is 0.385. The number of aromatic amines is 1. The molecule has 0 spiro atoms. The van der Waals surface area contributed by atoms with Crippen LogP contribution in [0, 0.1) is 0 Å². The minimum Gasteiger partial charge on any atom is -0.490 e. The van der Waals surface area contributed by atoms with Gasteiger partial charge in [-0.2, -0.15) is 0 Å². The van der Waals surface area contributed by atoms with Crippen molar-refractivity contribution in [3.8, 4) is 5.75 Å². The van der Waals surface area contributed by atoms with Gasteiger partial charge in [0, 0.05) is 17.1 Å². The Labute approximate surface area is 95.6 Å². The van der Waals surface area contributed by atoms with Crippen LogP contribution in [0.15, 0.2) is 24.4 Å². The summed E-state index contributed by atoms with van der Waals surface area (Å²) >= 11 is 0. The smallest absolute Gasteiger partial charge is 0.129 e. The lowest BCUT2D eigenvalue weighted by molar-refractivity contribution is 0.245. The number of rotatable bonds is 4. The fourth-order valence-electron chi connectivity index (χ4n) is 1.92. The first-order valence-electron chi connectivity index (χ1n) is 5.68. The Morgan fingerprint density at radius 1 is 1.38 bits per heavy atom. The van der Waals surface area contributed by atoms with Gasteiger partial charge in [0.2, 0.25) is 0 Å². The molecular weight excluding hydrogens is 200 g/mol. The van der Waals surface area contributed by atoms with E-state index < -0.39 is 0 Å². The molecular formula is C13H18N2O. The summed E-state index contributed by atoms with van der Waals surface area (Å²) in [7, 11) is 0. The Bertz CT molecular complexity index is 474. The third-order valence-electron chi connectivity index (χ3n) is 2.53. The molecule has 0 aliphatic rings. The summed E-state index contributed by atoms with van der Waals surface area (Å²) in [4.78, 5) is 3.25. The van der Waals surface area contributed by atoms with Crippen molar-refractivity contribution in [3.05, 3.63) is 30.0 Å². The van der Waals surface area contributed by atoms with Crippen LogP contribution in [0.2, 0.25) is 0 Å². The molecule has 3 nitrogen and oxygen atoms in total. The van der Waals surface area contributed by atoms with Crippen LogP contribution < -0.4 is 10.5 Å². The van der Waals surface area contributed by atoms with Crippen LogP contribution in [0.1, 0.15) is 19.4 Å². The van der Waals surface area contributed by atoms with E-state index in [1.54, 1.807) is 0 Å². The van der Waals surface area contributed by atoms with Gasteiger partial charge in [-0.15, -0.1) is 0 Å². The number of benzene rings is 1. The first kappa shape index (κ1) is 11.0. The number of aromatic nitrogens is 1. The SMILES string of the molecule is CC(C)Oc1cccc2[nH]cc(CCN)c12. The van der Waals surface area contributed by atoms with Crippen LogP contribution in [0.25, 0.3) is 10.9 Å². The second kappa shape index (κ2) is 4.58. The summed E-state index contributed by atoms with van der Waals surface area (Å²) < 4.78 is 5.81. The van der Waals surface area contributed by atoms with Gasteiger partial charge in [0.1, 0.15) is 5.75 Å². The van der Waals surface area contributed by atoms with Gasteiger partial charge in [-0.05, 0) is 44.5 Å². The highest BCUT2D eigenvalue weighted by molar-refractivity contribution is 5.89. The zero-order valence-corrected chi connectivity index (χ0v) is 9.79. The van der Waals surface area contributed by atoms with Gasteiger partial charge >= 0.3 is 0 Å². The monoisotopic (exact) mass is 218 g/mol. The molecule has 0 aliphatic carbocycles. The first-order chi connectivity index (χ1) is 7.72. The van der Waals surface area contributed by atoms with E-state index in [1.807, 2.05) is 32.2 Å². The van der Waals surface area contributed by atoms with Crippen molar-refractivity contribution in [3.63, 3.8) is 0 Å². The van der Waals surface area contributed by atoms with E-state index in [4.69, 9.17) is 10.5 Å². The number of hydrogen-bond acceptors (Lipinski definition) is 2. The zero-order valence-electron chi connectivity index (χ0n) is 9.79. The van der Waals surface area contributed by atoms with E-state index in [-0.39, 0.29) is 6.10 Å². The molecule has 0 fully saturated rings. The molecule has 1 heterocycles. The molecule has 0 saturated carbocycles. The van der Waals surface area contributed by atoms with E-state index in [1.165, 1.54) is 10.9 Å². The molecule has 2 rings (SSSR count). The number of hydrogen-bond donors (Lipinski definition) is 2. The van der Waals surface area contributed by atoms with Crippen molar-refractivity contribution in [1.29, 1.82) is 0 Å². The van der Waals surface area contributed by atoms with E-state index in [0.717, 1.165) is 17.7 Å². The highest BCUT2D eigenvalue weighted by Crippen LogP contribution is 2.29. The van der Waals surface area contributed by atoms with Crippen LogP contribution >= 0.6 is 0 Å². The minimum atomic E-state index is 0.186. The lowest BCUT2D eigenvalue weighted by Gasteiger charge is -2.11. The van der Waals surface area contributed by atoms with E-state index in [0.29, 0.717) is 6.54 Å². The summed E-state index contributed by atoms with van der Waals surface area (Å²) in [6.07, 6.45) is 3.08. The molecule has 0 amide bonds. The van der Waals surface area contributed by atoms with Gasteiger partial charge in [-0.1, -0.05) is 6.07 Å². The summed E-state index contributed by atoms with van der Waals surface area (Å²) in [5, 5.41) is 1.17. The van der Waals surface area contributed by atoms with Gasteiger partial charge < -0.3 is 15.5 Å². The first-order valence-corrected chi connectivity index (χ1v) is 5.68. The maximum absolute atomic E-state index is 5.81.